The highest BCUT2D eigenvalue weighted by Crippen LogP contribution is 2.36. The average molecular weight is 526 g/mol. The maximum atomic E-state index is 10.6. The average Bonchev–Trinajstić information content (AvgIpc) is 3.45. The molecule has 4 rings (SSSR count). The van der Waals surface area contributed by atoms with Gasteiger partial charge in [0.05, 0.1) is 24.7 Å². The number of nitrogens with zero attached hydrogens (tertiary/aromatic N) is 4. The minimum absolute atomic E-state index is 0.347. The second kappa shape index (κ2) is 12.7. The van der Waals surface area contributed by atoms with Crippen molar-refractivity contribution in [1.82, 2.24) is 19.4 Å². The molecule has 0 spiro atoms. The van der Waals surface area contributed by atoms with Gasteiger partial charge in [-0.1, -0.05) is 6.07 Å². The molecule has 2 fully saturated rings. The fraction of sp³-hybridized carbons (Fsp3) is 0.524. The van der Waals surface area contributed by atoms with E-state index in [0.717, 1.165) is 31.9 Å². The van der Waals surface area contributed by atoms with E-state index in [1.165, 1.54) is 12.8 Å². The van der Waals surface area contributed by atoms with E-state index in [9.17, 15) is 26.3 Å². The highest BCUT2D eigenvalue weighted by molar-refractivity contribution is 5.73. The number of aromatic nitrogens is 3. The first kappa shape index (κ1) is 29.0. The lowest BCUT2D eigenvalue weighted by Gasteiger charge is -2.39. The van der Waals surface area contributed by atoms with E-state index in [1.807, 2.05) is 31.0 Å². The van der Waals surface area contributed by atoms with Crippen LogP contribution in [0.4, 0.5) is 26.3 Å². The molecular weight excluding hydrogens is 502 g/mol. The first-order valence-electron chi connectivity index (χ1n) is 10.6. The lowest BCUT2D eigenvalue weighted by Crippen LogP contribution is -2.50. The quantitative estimate of drug-likeness (QED) is 0.584. The summed E-state index contributed by atoms with van der Waals surface area (Å²) in [5, 5.41) is 14.2. The Morgan fingerprint density at radius 1 is 1.03 bits per heavy atom. The van der Waals surface area contributed by atoms with Gasteiger partial charge in [0.15, 0.2) is 0 Å². The second-order valence-electron chi connectivity index (χ2n) is 7.90. The zero-order valence-electron chi connectivity index (χ0n) is 18.7. The molecule has 2 aromatic heterocycles. The van der Waals surface area contributed by atoms with Crippen LogP contribution in [0, 0.1) is 5.92 Å². The standard InChI is InChI=1S/C17H22N4O.2C2HF3O2/c1-2-6-19-15(3-1)12-21-9-10-22-17-14(4-5-16(17)21)11-20-8-7-18-13-20;2*3-2(4,5)1(6)7/h1-3,6-8,13-14,16-17H,4-5,9-12H2;2*(H,6,7). The van der Waals surface area contributed by atoms with Gasteiger partial charge in [-0.2, -0.15) is 26.3 Å². The van der Waals surface area contributed by atoms with Crippen molar-refractivity contribution in [2.45, 2.75) is 50.4 Å². The van der Waals surface area contributed by atoms with E-state index < -0.39 is 24.3 Å². The largest absolute Gasteiger partial charge is 0.490 e. The maximum Gasteiger partial charge on any atom is 0.490 e. The summed E-state index contributed by atoms with van der Waals surface area (Å²) in [6, 6.07) is 6.69. The minimum Gasteiger partial charge on any atom is -0.475 e. The van der Waals surface area contributed by atoms with E-state index in [2.05, 4.69) is 31.6 Å². The molecule has 0 aromatic carbocycles. The molecule has 3 heterocycles. The van der Waals surface area contributed by atoms with Crippen molar-refractivity contribution in [2.24, 2.45) is 5.92 Å². The third kappa shape index (κ3) is 9.11. The molecule has 15 heteroatoms. The van der Waals surface area contributed by atoms with Crippen molar-refractivity contribution in [2.75, 3.05) is 13.2 Å². The van der Waals surface area contributed by atoms with Gasteiger partial charge in [0.2, 0.25) is 0 Å². The molecule has 2 N–H and O–H groups in total. The zero-order valence-corrected chi connectivity index (χ0v) is 18.7. The molecule has 9 nitrogen and oxygen atoms in total. The number of alkyl halides is 6. The Bertz CT molecular complexity index is 932. The van der Waals surface area contributed by atoms with E-state index >= 15 is 0 Å². The van der Waals surface area contributed by atoms with E-state index in [-0.39, 0.29) is 0 Å². The van der Waals surface area contributed by atoms with E-state index in [4.69, 9.17) is 24.5 Å². The van der Waals surface area contributed by atoms with Crippen LogP contribution in [-0.2, 0) is 27.4 Å². The fourth-order valence-corrected chi connectivity index (χ4v) is 3.89. The smallest absolute Gasteiger partial charge is 0.475 e. The number of aliphatic carboxylic acids is 2. The first-order chi connectivity index (χ1) is 16.8. The van der Waals surface area contributed by atoms with Gasteiger partial charge in [0.1, 0.15) is 0 Å². The predicted molar refractivity (Wildman–Crippen MR) is 111 cm³/mol. The fourth-order valence-electron chi connectivity index (χ4n) is 3.89. The summed E-state index contributed by atoms with van der Waals surface area (Å²) >= 11 is 0. The summed E-state index contributed by atoms with van der Waals surface area (Å²) in [7, 11) is 0. The van der Waals surface area contributed by atoms with Crippen molar-refractivity contribution < 1.29 is 50.9 Å². The number of carboxylic acids is 2. The summed E-state index contributed by atoms with van der Waals surface area (Å²) in [6.45, 7) is 3.78. The third-order valence-corrected chi connectivity index (χ3v) is 5.42. The molecule has 3 atom stereocenters. The second-order valence-corrected chi connectivity index (χ2v) is 7.90. The zero-order chi connectivity index (χ0) is 26.9. The highest BCUT2D eigenvalue weighted by Gasteiger charge is 2.42. The van der Waals surface area contributed by atoms with Gasteiger partial charge < -0.3 is 19.5 Å². The van der Waals surface area contributed by atoms with Gasteiger partial charge >= 0.3 is 24.3 Å². The summed E-state index contributed by atoms with van der Waals surface area (Å²) in [5.41, 5.74) is 1.15. The molecular formula is C21H24F6N4O5. The lowest BCUT2D eigenvalue weighted by atomic mass is 10.0. The number of carbonyl (C=O) groups is 2. The van der Waals surface area contributed by atoms with Crippen LogP contribution in [0.5, 0.6) is 0 Å². The number of morpholine rings is 1. The topological polar surface area (TPSA) is 118 Å². The number of halogens is 6. The Balaban J connectivity index is 0.000000271. The Hall–Kier alpha value is -3.20. The molecule has 1 saturated carbocycles. The van der Waals surface area contributed by atoms with Crippen molar-refractivity contribution in [3.05, 3.63) is 48.8 Å². The molecule has 2 aromatic rings. The number of fused-ring (bicyclic) bond motifs is 1. The first-order valence-corrected chi connectivity index (χ1v) is 10.6. The van der Waals surface area contributed by atoms with Crippen LogP contribution < -0.4 is 0 Å². The van der Waals surface area contributed by atoms with Crippen molar-refractivity contribution >= 4 is 11.9 Å². The SMILES string of the molecule is O=C(O)C(F)(F)F.O=C(O)C(F)(F)F.c1ccc(CN2CCOC3C(Cn4ccnc4)CCC32)nc1. The van der Waals surface area contributed by atoms with Gasteiger partial charge in [-0.05, 0) is 25.0 Å². The maximum absolute atomic E-state index is 10.6. The summed E-state index contributed by atoms with van der Waals surface area (Å²) in [5.74, 6) is -4.93. The number of pyridine rings is 1. The van der Waals surface area contributed by atoms with E-state index in [0.29, 0.717) is 18.1 Å². The summed E-state index contributed by atoms with van der Waals surface area (Å²) in [6.07, 6.45) is 0.303. The molecule has 36 heavy (non-hydrogen) atoms. The van der Waals surface area contributed by atoms with Crippen molar-refractivity contribution in [3.8, 4) is 0 Å². The van der Waals surface area contributed by atoms with Gasteiger partial charge in [-0.15, -0.1) is 0 Å². The number of carboxylic acid groups (broad SMARTS) is 2. The lowest BCUT2D eigenvalue weighted by molar-refractivity contribution is -0.193. The molecule has 1 aliphatic heterocycles. The number of imidazole rings is 1. The highest BCUT2D eigenvalue weighted by atomic mass is 19.4. The monoisotopic (exact) mass is 526 g/mol. The van der Waals surface area contributed by atoms with Crippen molar-refractivity contribution in [3.63, 3.8) is 0 Å². The summed E-state index contributed by atoms with van der Waals surface area (Å²) in [4.78, 5) is 29.0. The Morgan fingerprint density at radius 2 is 1.67 bits per heavy atom. The number of ether oxygens (including phenoxy) is 1. The van der Waals surface area contributed by atoms with Crippen LogP contribution in [0.25, 0.3) is 0 Å². The summed E-state index contributed by atoms with van der Waals surface area (Å²) < 4.78 is 71.8. The van der Waals surface area contributed by atoms with E-state index in [1.54, 1.807) is 0 Å². The molecule has 3 unspecified atom stereocenters. The van der Waals surface area contributed by atoms with Crippen molar-refractivity contribution in [1.29, 1.82) is 0 Å². The number of rotatable bonds is 4. The minimum atomic E-state index is -5.08. The van der Waals surface area contributed by atoms with Gasteiger partial charge in [-0.3, -0.25) is 9.88 Å². The Labute approximate surface area is 201 Å². The van der Waals surface area contributed by atoms with Gasteiger partial charge in [-0.25, -0.2) is 14.6 Å². The molecule has 0 amide bonds. The van der Waals surface area contributed by atoms with Crippen LogP contribution in [-0.4, -0.2) is 79.2 Å². The van der Waals surface area contributed by atoms with Gasteiger partial charge in [0.25, 0.3) is 0 Å². The van der Waals surface area contributed by atoms with Crippen LogP contribution >= 0.6 is 0 Å². The van der Waals surface area contributed by atoms with Crippen LogP contribution in [0.15, 0.2) is 43.1 Å². The van der Waals surface area contributed by atoms with Crippen LogP contribution in [0.3, 0.4) is 0 Å². The Morgan fingerprint density at radius 3 is 2.17 bits per heavy atom. The van der Waals surface area contributed by atoms with Crippen LogP contribution in [0.2, 0.25) is 0 Å². The third-order valence-electron chi connectivity index (χ3n) is 5.42. The number of hydrogen-bond acceptors (Lipinski definition) is 6. The molecule has 2 aliphatic rings. The number of hydrogen-bond donors (Lipinski definition) is 2. The molecule has 1 aliphatic carbocycles. The van der Waals surface area contributed by atoms with Crippen LogP contribution in [0.1, 0.15) is 18.5 Å². The molecule has 1 saturated heterocycles. The molecule has 0 radical (unpaired) electrons. The molecule has 0 bridgehead atoms. The normalized spacial score (nSPS) is 21.9. The Kier molecular flexibility index (Phi) is 10.2. The van der Waals surface area contributed by atoms with Gasteiger partial charge in [0, 0.05) is 50.2 Å². The molecule has 200 valence electrons. The predicted octanol–water partition coefficient (Wildman–Crippen LogP) is 3.22.